The highest BCUT2D eigenvalue weighted by molar-refractivity contribution is 5.95. The zero-order valence-corrected chi connectivity index (χ0v) is 20.5. The lowest BCUT2D eigenvalue weighted by Crippen LogP contribution is -2.64. The van der Waals surface area contributed by atoms with E-state index < -0.39 is 83.6 Å². The van der Waals surface area contributed by atoms with Crippen molar-refractivity contribution < 1.29 is 61.4 Å². The van der Waals surface area contributed by atoms with Gasteiger partial charge in [-0.1, -0.05) is 5.11 Å². The molecule has 2 amide bonds. The molecule has 5 N–H and O–H groups in total. The topological polar surface area (TPSA) is 205 Å². The smallest absolute Gasteiger partial charge is 0.257 e. The third-order valence-electron chi connectivity index (χ3n) is 5.28. The summed E-state index contributed by atoms with van der Waals surface area (Å²) in [6.07, 6.45) is -5.22. The summed E-state index contributed by atoms with van der Waals surface area (Å²) in [6, 6.07) is -1.10. The van der Waals surface area contributed by atoms with Gasteiger partial charge in [0.1, 0.15) is 35.6 Å². The fraction of sp³-hybridized carbons (Fsp3) is 0.619. The van der Waals surface area contributed by atoms with E-state index in [2.05, 4.69) is 15.3 Å². The van der Waals surface area contributed by atoms with E-state index in [0.717, 1.165) is 0 Å². The first kappa shape index (κ1) is 32.1. The van der Waals surface area contributed by atoms with Gasteiger partial charge in [0.05, 0.1) is 39.6 Å². The molecule has 0 aromatic heterocycles. The van der Waals surface area contributed by atoms with Gasteiger partial charge in [-0.05, 0) is 5.53 Å². The van der Waals surface area contributed by atoms with E-state index in [1.165, 1.54) is 6.92 Å². The maximum atomic E-state index is 14.0. The first-order valence-corrected chi connectivity index (χ1v) is 11.4. The molecule has 5 atom stereocenters. The predicted octanol–water partition coefficient (Wildman–Crippen LogP) is -0.0919. The van der Waals surface area contributed by atoms with Gasteiger partial charge in [-0.3, -0.25) is 9.59 Å². The SMILES string of the molecule is CC(=O)NC1[C@H](OCCOCCOCCNC(=O)c2c(F)c(F)c(N=[N+]=[N-])c(F)c2F)OC(CO)[C@H](O)[C@@H]1O. The highest BCUT2D eigenvalue weighted by Gasteiger charge is 2.45. The van der Waals surface area contributed by atoms with Gasteiger partial charge in [0.15, 0.2) is 29.6 Å². The predicted molar refractivity (Wildman–Crippen MR) is 120 cm³/mol. The van der Waals surface area contributed by atoms with Gasteiger partial charge >= 0.3 is 0 Å². The minimum absolute atomic E-state index is 0.00858. The van der Waals surface area contributed by atoms with Gasteiger partial charge in [0, 0.05) is 18.4 Å². The Morgan fingerprint density at radius 1 is 1.00 bits per heavy atom. The first-order chi connectivity index (χ1) is 18.5. The van der Waals surface area contributed by atoms with Crippen molar-refractivity contribution in [3.8, 4) is 0 Å². The quantitative estimate of drug-likeness (QED) is 0.0506. The van der Waals surface area contributed by atoms with Gasteiger partial charge in [-0.25, -0.2) is 17.6 Å². The zero-order valence-electron chi connectivity index (χ0n) is 20.5. The van der Waals surface area contributed by atoms with Crippen LogP contribution in [0.25, 0.3) is 10.4 Å². The average Bonchev–Trinajstić information content (AvgIpc) is 2.90. The number of azide groups is 1. The minimum atomic E-state index is -2.02. The molecule has 1 aromatic carbocycles. The molecule has 218 valence electrons. The average molecular weight is 569 g/mol. The Labute approximate surface area is 218 Å². The highest BCUT2D eigenvalue weighted by Crippen LogP contribution is 2.30. The molecule has 1 aliphatic rings. The van der Waals surface area contributed by atoms with Crippen molar-refractivity contribution in [1.29, 1.82) is 0 Å². The molecular formula is C21H27F4N5O9. The summed E-state index contributed by atoms with van der Waals surface area (Å²) in [7, 11) is 0. The molecule has 1 saturated heterocycles. The molecule has 0 aliphatic carbocycles. The largest absolute Gasteiger partial charge is 0.394 e. The van der Waals surface area contributed by atoms with Crippen LogP contribution in [0.4, 0.5) is 23.2 Å². The van der Waals surface area contributed by atoms with E-state index in [0.29, 0.717) is 0 Å². The number of aliphatic hydroxyl groups is 3. The molecule has 1 aliphatic heterocycles. The van der Waals surface area contributed by atoms with Gasteiger partial charge in [-0.2, -0.15) is 0 Å². The van der Waals surface area contributed by atoms with Gasteiger partial charge in [0.25, 0.3) is 5.91 Å². The number of aliphatic hydroxyl groups excluding tert-OH is 3. The summed E-state index contributed by atoms with van der Waals surface area (Å²) in [6.45, 7) is 0.147. The number of benzene rings is 1. The van der Waals surface area contributed by atoms with E-state index >= 15 is 0 Å². The molecule has 0 radical (unpaired) electrons. The normalized spacial score (nSPS) is 22.7. The van der Waals surface area contributed by atoms with Crippen LogP contribution in [0.5, 0.6) is 0 Å². The summed E-state index contributed by atoms with van der Waals surface area (Å²) >= 11 is 0. The molecule has 0 saturated carbocycles. The number of rotatable bonds is 14. The summed E-state index contributed by atoms with van der Waals surface area (Å²) in [5.74, 6) is -10.0. The summed E-state index contributed by atoms with van der Waals surface area (Å²) < 4.78 is 76.8. The Balaban J connectivity index is 1.69. The van der Waals surface area contributed by atoms with Crippen molar-refractivity contribution in [3.05, 3.63) is 39.3 Å². The molecule has 1 fully saturated rings. The van der Waals surface area contributed by atoms with Crippen LogP contribution in [0.15, 0.2) is 5.11 Å². The van der Waals surface area contributed by atoms with Crippen LogP contribution in [0.3, 0.4) is 0 Å². The van der Waals surface area contributed by atoms with Gasteiger partial charge in [0.2, 0.25) is 5.91 Å². The number of amides is 2. The number of hydrogen-bond acceptors (Lipinski definition) is 10. The van der Waals surface area contributed by atoms with Crippen LogP contribution in [-0.4, -0.2) is 104 Å². The lowest BCUT2D eigenvalue weighted by molar-refractivity contribution is -0.272. The van der Waals surface area contributed by atoms with E-state index in [1.807, 2.05) is 5.32 Å². The lowest BCUT2D eigenvalue weighted by Gasteiger charge is -2.42. The van der Waals surface area contributed by atoms with Crippen molar-refractivity contribution in [3.63, 3.8) is 0 Å². The molecule has 2 rings (SSSR count). The second kappa shape index (κ2) is 15.5. The fourth-order valence-electron chi connectivity index (χ4n) is 3.44. The maximum Gasteiger partial charge on any atom is 0.257 e. The van der Waals surface area contributed by atoms with E-state index in [9.17, 15) is 42.5 Å². The van der Waals surface area contributed by atoms with Crippen molar-refractivity contribution in [1.82, 2.24) is 10.6 Å². The second-order valence-corrected chi connectivity index (χ2v) is 7.95. The Bertz CT molecular complexity index is 1030. The van der Waals surface area contributed by atoms with Crippen LogP contribution in [0, 0.1) is 23.3 Å². The van der Waals surface area contributed by atoms with Crippen LogP contribution in [0.2, 0.25) is 0 Å². The van der Waals surface area contributed by atoms with Crippen LogP contribution in [0.1, 0.15) is 17.3 Å². The first-order valence-electron chi connectivity index (χ1n) is 11.4. The molecule has 14 nitrogen and oxygen atoms in total. The Morgan fingerprint density at radius 3 is 2.15 bits per heavy atom. The standard InChI is InChI=1S/C21H27F4N5O9/c1-9(32)28-17-19(34)18(33)10(8-31)39-21(17)38-7-6-37-5-4-36-3-2-27-20(35)11-12(22)14(24)16(29-30-26)15(25)13(11)23/h10,17-19,21,31,33-34H,2-8H2,1H3,(H,27,35)(H,28,32)/t10?,17?,18-,19+,21+/m0/s1. The van der Waals surface area contributed by atoms with Crippen molar-refractivity contribution in [2.75, 3.05) is 46.2 Å². The molecule has 0 bridgehead atoms. The van der Waals surface area contributed by atoms with Gasteiger partial charge in [-0.15, -0.1) is 0 Å². The number of nitrogens with one attached hydrogen (secondary N) is 2. The van der Waals surface area contributed by atoms with Crippen molar-refractivity contribution in [2.45, 2.75) is 37.6 Å². The number of ether oxygens (including phenoxy) is 4. The van der Waals surface area contributed by atoms with E-state index in [4.69, 9.17) is 24.5 Å². The van der Waals surface area contributed by atoms with Crippen molar-refractivity contribution >= 4 is 17.5 Å². The fourth-order valence-corrected chi connectivity index (χ4v) is 3.44. The second-order valence-electron chi connectivity index (χ2n) is 7.95. The van der Waals surface area contributed by atoms with E-state index in [-0.39, 0.29) is 39.6 Å². The Hall–Kier alpha value is -3.09. The summed E-state index contributed by atoms with van der Waals surface area (Å²) in [5, 5.41) is 36.4. The summed E-state index contributed by atoms with van der Waals surface area (Å²) in [5.41, 5.74) is 5.16. The third-order valence-corrected chi connectivity index (χ3v) is 5.28. The Kier molecular flexibility index (Phi) is 12.8. The zero-order chi connectivity index (χ0) is 29.1. The molecule has 1 aromatic rings. The lowest BCUT2D eigenvalue weighted by atomic mass is 9.97. The number of halogens is 4. The van der Waals surface area contributed by atoms with Crippen LogP contribution in [-0.2, 0) is 23.7 Å². The minimum Gasteiger partial charge on any atom is -0.394 e. The number of carbonyl (C=O) groups is 2. The summed E-state index contributed by atoms with van der Waals surface area (Å²) in [4.78, 5) is 25.4. The molecule has 2 unspecified atom stereocenters. The molecule has 18 heteroatoms. The number of hydrogen-bond donors (Lipinski definition) is 5. The monoisotopic (exact) mass is 569 g/mol. The number of nitrogens with zero attached hydrogens (tertiary/aromatic N) is 3. The van der Waals surface area contributed by atoms with E-state index in [1.54, 1.807) is 0 Å². The van der Waals surface area contributed by atoms with Gasteiger partial charge < -0.3 is 44.9 Å². The van der Waals surface area contributed by atoms with Crippen molar-refractivity contribution in [2.24, 2.45) is 5.11 Å². The van der Waals surface area contributed by atoms with Crippen LogP contribution >= 0.6 is 0 Å². The third kappa shape index (κ3) is 8.45. The highest BCUT2D eigenvalue weighted by atomic mass is 19.2. The molecular weight excluding hydrogens is 542 g/mol. The molecule has 0 spiro atoms. The van der Waals surface area contributed by atoms with Crippen LogP contribution < -0.4 is 10.6 Å². The molecule has 1 heterocycles. The molecule has 39 heavy (non-hydrogen) atoms. The Morgan fingerprint density at radius 2 is 1.59 bits per heavy atom. The number of carbonyl (C=O) groups excluding carboxylic acids is 2. The maximum absolute atomic E-state index is 14.0.